The van der Waals surface area contributed by atoms with Crippen LogP contribution in [0.1, 0.15) is 39.5 Å². The van der Waals surface area contributed by atoms with Crippen LogP contribution in [0.15, 0.2) is 0 Å². The first-order valence-corrected chi connectivity index (χ1v) is 5.53. The Balaban J connectivity index is 2.00. The van der Waals surface area contributed by atoms with E-state index in [1.807, 2.05) is 0 Å². The molecule has 1 aliphatic carbocycles. The molecule has 0 aromatic heterocycles. The Morgan fingerprint density at radius 3 is 2.38 bits per heavy atom. The van der Waals surface area contributed by atoms with Crippen LogP contribution in [0.5, 0.6) is 0 Å². The first-order chi connectivity index (χ1) is 6.08. The van der Waals surface area contributed by atoms with Crippen molar-refractivity contribution in [2.24, 2.45) is 11.1 Å². The van der Waals surface area contributed by atoms with Crippen molar-refractivity contribution in [1.29, 1.82) is 0 Å². The molecule has 2 nitrogen and oxygen atoms in total. The third-order valence-electron chi connectivity index (χ3n) is 3.78. The molecule has 2 N–H and O–H groups in total. The maximum absolute atomic E-state index is 5.85. The fraction of sp³-hybridized carbons (Fsp3) is 1.00. The van der Waals surface area contributed by atoms with Crippen molar-refractivity contribution in [3.05, 3.63) is 0 Å². The molecular weight excluding hydrogens is 160 g/mol. The maximum atomic E-state index is 5.85. The molecule has 13 heavy (non-hydrogen) atoms. The molecule has 2 aliphatic rings. The topological polar surface area (TPSA) is 29.3 Å². The van der Waals surface area contributed by atoms with E-state index in [1.54, 1.807) is 0 Å². The van der Waals surface area contributed by atoms with E-state index in [2.05, 4.69) is 18.7 Å². The molecular formula is C11H22N2. The summed E-state index contributed by atoms with van der Waals surface area (Å²) in [5.41, 5.74) is 6.79. The first kappa shape index (κ1) is 9.47. The van der Waals surface area contributed by atoms with Crippen molar-refractivity contribution in [3.63, 3.8) is 0 Å². The minimum atomic E-state index is 0.428. The third kappa shape index (κ3) is 1.75. The van der Waals surface area contributed by atoms with Crippen LogP contribution in [0.25, 0.3) is 0 Å². The zero-order valence-corrected chi connectivity index (χ0v) is 8.97. The van der Waals surface area contributed by atoms with E-state index in [0.717, 1.165) is 6.54 Å². The Morgan fingerprint density at radius 1 is 1.23 bits per heavy atom. The lowest BCUT2D eigenvalue weighted by atomic mass is 9.83. The standard InChI is InChI=1S/C11H22N2/c1-10(2)4-3-7-13(9-10)11(8-12)5-6-11/h3-9,12H2,1-2H3. The van der Waals surface area contributed by atoms with Crippen LogP contribution in [-0.4, -0.2) is 30.1 Å². The average molecular weight is 182 g/mol. The van der Waals surface area contributed by atoms with E-state index in [1.165, 1.54) is 38.8 Å². The van der Waals surface area contributed by atoms with Crippen LogP contribution in [-0.2, 0) is 0 Å². The second-order valence-corrected chi connectivity index (χ2v) is 5.62. The Hall–Kier alpha value is -0.0800. The van der Waals surface area contributed by atoms with Crippen molar-refractivity contribution in [2.75, 3.05) is 19.6 Å². The van der Waals surface area contributed by atoms with Gasteiger partial charge in [0.1, 0.15) is 0 Å². The normalized spacial score (nSPS) is 31.6. The highest BCUT2D eigenvalue weighted by Crippen LogP contribution is 2.44. The van der Waals surface area contributed by atoms with Gasteiger partial charge in [-0.15, -0.1) is 0 Å². The van der Waals surface area contributed by atoms with E-state index in [-0.39, 0.29) is 0 Å². The van der Waals surface area contributed by atoms with Gasteiger partial charge in [0.2, 0.25) is 0 Å². The molecule has 0 aromatic carbocycles. The van der Waals surface area contributed by atoms with Crippen molar-refractivity contribution >= 4 is 0 Å². The maximum Gasteiger partial charge on any atom is 0.0333 e. The number of likely N-dealkylation sites (tertiary alicyclic amines) is 1. The van der Waals surface area contributed by atoms with Crippen LogP contribution in [0.3, 0.4) is 0 Å². The molecule has 76 valence electrons. The lowest BCUT2D eigenvalue weighted by molar-refractivity contribution is 0.0696. The zero-order chi connectivity index (χ0) is 9.53. The monoisotopic (exact) mass is 182 g/mol. The number of hydrogen-bond acceptors (Lipinski definition) is 2. The summed E-state index contributed by atoms with van der Waals surface area (Å²) < 4.78 is 0. The molecule has 1 saturated heterocycles. The Bertz CT molecular complexity index is 194. The molecule has 2 heteroatoms. The van der Waals surface area contributed by atoms with E-state index in [9.17, 15) is 0 Å². The number of piperidine rings is 1. The summed E-state index contributed by atoms with van der Waals surface area (Å²) in [5.74, 6) is 0. The summed E-state index contributed by atoms with van der Waals surface area (Å²) in [5, 5.41) is 0. The molecule has 0 unspecified atom stereocenters. The Kier molecular flexibility index (Phi) is 2.16. The molecule has 2 fully saturated rings. The lowest BCUT2D eigenvalue weighted by Gasteiger charge is -2.42. The van der Waals surface area contributed by atoms with Crippen LogP contribution < -0.4 is 5.73 Å². The second-order valence-electron chi connectivity index (χ2n) is 5.62. The average Bonchev–Trinajstić information content (AvgIpc) is 2.82. The number of rotatable bonds is 2. The summed E-state index contributed by atoms with van der Waals surface area (Å²) >= 11 is 0. The fourth-order valence-electron chi connectivity index (χ4n) is 2.62. The number of nitrogens with two attached hydrogens (primary N) is 1. The number of hydrogen-bond donors (Lipinski definition) is 1. The van der Waals surface area contributed by atoms with E-state index >= 15 is 0 Å². The van der Waals surface area contributed by atoms with Crippen molar-refractivity contribution in [2.45, 2.75) is 45.1 Å². The molecule has 0 amide bonds. The van der Waals surface area contributed by atoms with Gasteiger partial charge in [-0.3, -0.25) is 4.90 Å². The van der Waals surface area contributed by atoms with Crippen LogP contribution in [0.4, 0.5) is 0 Å². The second kappa shape index (κ2) is 2.96. The highest BCUT2D eigenvalue weighted by molar-refractivity contribution is 5.06. The molecule has 0 atom stereocenters. The molecule has 1 aliphatic heterocycles. The predicted molar refractivity (Wildman–Crippen MR) is 55.6 cm³/mol. The third-order valence-corrected chi connectivity index (χ3v) is 3.78. The van der Waals surface area contributed by atoms with Crippen LogP contribution >= 0.6 is 0 Å². The summed E-state index contributed by atoms with van der Waals surface area (Å²) in [7, 11) is 0. The van der Waals surface area contributed by atoms with Gasteiger partial charge in [-0.1, -0.05) is 13.8 Å². The van der Waals surface area contributed by atoms with Crippen LogP contribution in [0, 0.1) is 5.41 Å². The zero-order valence-electron chi connectivity index (χ0n) is 8.97. The smallest absolute Gasteiger partial charge is 0.0333 e. The van der Waals surface area contributed by atoms with Gasteiger partial charge in [0.25, 0.3) is 0 Å². The van der Waals surface area contributed by atoms with Gasteiger partial charge in [-0.25, -0.2) is 0 Å². The SMILES string of the molecule is CC1(C)CCCN(C2(CN)CC2)C1. The molecule has 0 bridgehead atoms. The van der Waals surface area contributed by atoms with Gasteiger partial charge >= 0.3 is 0 Å². The molecule has 0 radical (unpaired) electrons. The Morgan fingerprint density at radius 2 is 1.92 bits per heavy atom. The largest absolute Gasteiger partial charge is 0.329 e. The van der Waals surface area contributed by atoms with Crippen molar-refractivity contribution < 1.29 is 0 Å². The minimum absolute atomic E-state index is 0.428. The molecule has 0 spiro atoms. The molecule has 1 saturated carbocycles. The number of nitrogens with zero attached hydrogens (tertiary/aromatic N) is 1. The van der Waals surface area contributed by atoms with Gasteiger partial charge < -0.3 is 5.73 Å². The van der Waals surface area contributed by atoms with E-state index in [4.69, 9.17) is 5.73 Å². The van der Waals surface area contributed by atoms with Crippen LogP contribution in [0.2, 0.25) is 0 Å². The molecule has 0 aromatic rings. The van der Waals surface area contributed by atoms with Gasteiger partial charge in [0.05, 0.1) is 0 Å². The molecule has 2 rings (SSSR count). The first-order valence-electron chi connectivity index (χ1n) is 5.53. The molecule has 1 heterocycles. The van der Waals surface area contributed by atoms with E-state index < -0.39 is 0 Å². The lowest BCUT2D eigenvalue weighted by Crippen LogP contribution is -2.50. The van der Waals surface area contributed by atoms with Gasteiger partial charge in [-0.2, -0.15) is 0 Å². The summed E-state index contributed by atoms with van der Waals surface area (Å²) in [6.45, 7) is 8.16. The fourth-order valence-corrected chi connectivity index (χ4v) is 2.62. The van der Waals surface area contributed by atoms with Gasteiger partial charge in [0, 0.05) is 18.6 Å². The highest BCUT2D eigenvalue weighted by atomic mass is 15.2. The van der Waals surface area contributed by atoms with Gasteiger partial charge in [0.15, 0.2) is 0 Å². The summed E-state index contributed by atoms with van der Waals surface area (Å²) in [6.07, 6.45) is 5.40. The quantitative estimate of drug-likeness (QED) is 0.703. The van der Waals surface area contributed by atoms with E-state index in [0.29, 0.717) is 11.0 Å². The minimum Gasteiger partial charge on any atom is -0.329 e. The Labute approximate surface area is 81.5 Å². The predicted octanol–water partition coefficient (Wildman–Crippen LogP) is 1.60. The summed E-state index contributed by atoms with van der Waals surface area (Å²) in [4.78, 5) is 2.65. The highest BCUT2D eigenvalue weighted by Gasteiger charge is 2.48. The van der Waals surface area contributed by atoms with Gasteiger partial charge in [-0.05, 0) is 37.6 Å². The van der Waals surface area contributed by atoms with Crippen molar-refractivity contribution in [1.82, 2.24) is 4.90 Å². The van der Waals surface area contributed by atoms with Crippen molar-refractivity contribution in [3.8, 4) is 0 Å². The summed E-state index contributed by atoms with van der Waals surface area (Å²) in [6, 6.07) is 0.